The van der Waals surface area contributed by atoms with Crippen molar-refractivity contribution in [2.75, 3.05) is 40.8 Å². The van der Waals surface area contributed by atoms with Gasteiger partial charge in [0.1, 0.15) is 18.1 Å². The van der Waals surface area contributed by atoms with Gasteiger partial charge in [-0.15, -0.1) is 0 Å². The molecule has 2 bridgehead atoms. The predicted molar refractivity (Wildman–Crippen MR) is 176 cm³/mol. The predicted octanol–water partition coefficient (Wildman–Crippen LogP) is 3.25. The highest BCUT2D eigenvalue weighted by atomic mass is 16.7. The molecule has 0 saturated carbocycles. The molecule has 4 unspecified atom stereocenters. The summed E-state index contributed by atoms with van der Waals surface area (Å²) in [6, 6.07) is -0.828. The number of hydrogen-bond acceptors (Lipinski definition) is 11. The van der Waals surface area contributed by atoms with Crippen LogP contribution in [0.15, 0.2) is 12.2 Å². The second kappa shape index (κ2) is 14.8. The molecule has 4 heterocycles. The molecule has 0 aromatic rings. The maximum Gasteiger partial charge on any atom is 0.411 e. The van der Waals surface area contributed by atoms with E-state index in [0.717, 1.165) is 0 Å². The Balaban J connectivity index is 1.86. The molecule has 13 atom stereocenters. The first-order valence-electron chi connectivity index (χ1n) is 17.3. The molecular formula is C35H59N3O9. The summed E-state index contributed by atoms with van der Waals surface area (Å²) in [4.78, 5) is 47.4. The molecule has 0 aliphatic carbocycles. The lowest BCUT2D eigenvalue weighted by molar-refractivity contribution is -0.297. The van der Waals surface area contributed by atoms with Gasteiger partial charge < -0.3 is 38.6 Å². The highest BCUT2D eigenvalue weighted by Gasteiger charge is 2.59. The van der Waals surface area contributed by atoms with Crippen LogP contribution in [0.5, 0.6) is 0 Å². The van der Waals surface area contributed by atoms with Crippen LogP contribution in [0.4, 0.5) is 4.79 Å². The van der Waals surface area contributed by atoms with Crippen molar-refractivity contribution in [3.05, 3.63) is 12.2 Å². The van der Waals surface area contributed by atoms with E-state index < -0.39 is 65.7 Å². The molecule has 0 radical (unpaired) electrons. The van der Waals surface area contributed by atoms with Gasteiger partial charge in [-0.25, -0.2) is 4.79 Å². The number of aliphatic hydroxyl groups excluding tert-OH is 1. The molecule has 0 aromatic heterocycles. The van der Waals surface area contributed by atoms with E-state index in [2.05, 4.69) is 18.7 Å². The highest BCUT2D eigenvalue weighted by Crippen LogP contribution is 2.41. The van der Waals surface area contributed by atoms with Crippen molar-refractivity contribution in [3.63, 3.8) is 0 Å². The van der Waals surface area contributed by atoms with Crippen LogP contribution in [0.1, 0.15) is 74.7 Å². The van der Waals surface area contributed by atoms with Crippen LogP contribution >= 0.6 is 0 Å². The Hall–Kier alpha value is -2.09. The Bertz CT molecular complexity index is 1170. The number of ether oxygens (including phenoxy) is 5. The standard InChI is InChI=1S/C35H59N3O9/c1-12-26-35(8)29-24(6)37(11)19-20(2)18-34(7,43-16-14-13-15-38(29)33(42)47-35)30(22(4)27(39)23(5)31(41)45-26)46-32-28(40)25(36(9)10)17-21(3)44-32/h13-14,20-26,28-30,32,40H,12,15-19H2,1-11H3/b14-13-/t20-,21-,22+,23?,24-,25?,26-,28?,29-,30-,32+,34?,35-/m1/s1. The number of rotatable bonds is 4. The number of nitrogens with zero attached hydrogens (tertiary/aromatic N) is 3. The van der Waals surface area contributed by atoms with Crippen molar-refractivity contribution in [2.24, 2.45) is 17.8 Å². The highest BCUT2D eigenvalue weighted by molar-refractivity contribution is 6.00. The van der Waals surface area contributed by atoms with Gasteiger partial charge in [0.15, 0.2) is 17.7 Å². The Labute approximate surface area is 281 Å². The summed E-state index contributed by atoms with van der Waals surface area (Å²) in [6.07, 6.45) is 0.939. The third-order valence-electron chi connectivity index (χ3n) is 11.1. The van der Waals surface area contributed by atoms with Crippen LogP contribution in [0.3, 0.4) is 0 Å². The Morgan fingerprint density at radius 2 is 1.77 bits per heavy atom. The Kier molecular flexibility index (Phi) is 11.9. The first kappa shape index (κ1) is 37.7. The number of aliphatic hydroxyl groups is 1. The summed E-state index contributed by atoms with van der Waals surface area (Å²) in [5.41, 5.74) is -2.19. The normalized spacial score (nSPS) is 45.3. The maximum atomic E-state index is 14.3. The minimum Gasteiger partial charge on any atom is -0.458 e. The minimum absolute atomic E-state index is 0.0522. The van der Waals surface area contributed by atoms with E-state index in [4.69, 9.17) is 23.7 Å². The summed E-state index contributed by atoms with van der Waals surface area (Å²) in [5, 5.41) is 11.4. The number of ketones is 1. The number of hydrogen-bond donors (Lipinski definition) is 1. The Morgan fingerprint density at radius 3 is 2.40 bits per heavy atom. The van der Waals surface area contributed by atoms with Crippen molar-refractivity contribution in [1.29, 1.82) is 0 Å². The molecule has 0 spiro atoms. The average Bonchev–Trinajstić information content (AvgIpc) is 3.26. The minimum atomic E-state index is -1.16. The van der Waals surface area contributed by atoms with Crippen molar-refractivity contribution >= 4 is 17.8 Å². The summed E-state index contributed by atoms with van der Waals surface area (Å²) in [7, 11) is 5.85. The van der Waals surface area contributed by atoms with Gasteiger partial charge in [-0.05, 0) is 80.9 Å². The average molecular weight is 666 g/mol. The first-order chi connectivity index (χ1) is 21.9. The monoisotopic (exact) mass is 665 g/mol. The number of esters is 1. The molecule has 4 rings (SSSR count). The van der Waals surface area contributed by atoms with E-state index in [0.29, 0.717) is 25.8 Å². The largest absolute Gasteiger partial charge is 0.458 e. The third kappa shape index (κ3) is 7.57. The SMILES string of the molecule is CC[C@H]1OC(=O)C(C)C(=O)[C@H](C)[C@@H](O[C@@H]2O[C@H](C)CC(N(C)C)C2O)C2(C)C[C@@H](C)CN(C)[C@H](C)[C@H]3N(C/C=C\CO2)C(=O)O[C@]13C. The van der Waals surface area contributed by atoms with E-state index in [1.807, 2.05) is 65.9 Å². The fraction of sp³-hybridized carbons (Fsp3) is 0.857. The van der Waals surface area contributed by atoms with E-state index >= 15 is 0 Å². The lowest BCUT2D eigenvalue weighted by atomic mass is 9.78. The first-order valence-corrected chi connectivity index (χ1v) is 17.3. The van der Waals surface area contributed by atoms with Gasteiger partial charge in [0.2, 0.25) is 0 Å². The summed E-state index contributed by atoms with van der Waals surface area (Å²) in [6.45, 7) is 16.2. The zero-order valence-electron chi connectivity index (χ0n) is 30.3. The van der Waals surface area contributed by atoms with Gasteiger partial charge in [0.25, 0.3) is 0 Å². The van der Waals surface area contributed by atoms with E-state index in [1.54, 1.807) is 18.7 Å². The van der Waals surface area contributed by atoms with E-state index in [1.165, 1.54) is 0 Å². The van der Waals surface area contributed by atoms with Gasteiger partial charge in [0, 0.05) is 31.1 Å². The van der Waals surface area contributed by atoms with Gasteiger partial charge in [-0.3, -0.25) is 14.5 Å². The zero-order chi connectivity index (χ0) is 35.0. The molecular weight excluding hydrogens is 606 g/mol. The number of Topliss-reactive ketones (excluding diaryl/α,β-unsaturated/α-hetero) is 1. The van der Waals surface area contributed by atoms with Crippen LogP contribution < -0.4 is 0 Å². The molecule has 47 heavy (non-hydrogen) atoms. The second-order valence-electron chi connectivity index (χ2n) is 15.1. The molecule has 12 nitrogen and oxygen atoms in total. The topological polar surface area (TPSA) is 127 Å². The number of fused-ring (bicyclic) bond motifs is 5. The molecule has 4 aliphatic rings. The molecule has 3 saturated heterocycles. The molecule has 1 amide bonds. The second-order valence-corrected chi connectivity index (χ2v) is 15.1. The summed E-state index contributed by atoms with van der Waals surface area (Å²) >= 11 is 0. The van der Waals surface area contributed by atoms with Crippen molar-refractivity contribution in [1.82, 2.24) is 14.7 Å². The number of likely N-dealkylation sites (N-methyl/N-ethyl adjacent to an activating group) is 2. The van der Waals surface area contributed by atoms with Crippen LogP contribution in [0.2, 0.25) is 0 Å². The van der Waals surface area contributed by atoms with Crippen LogP contribution in [-0.4, -0.2) is 139 Å². The lowest BCUT2D eigenvalue weighted by Gasteiger charge is -2.47. The fourth-order valence-corrected chi connectivity index (χ4v) is 8.42. The van der Waals surface area contributed by atoms with Gasteiger partial charge >= 0.3 is 12.1 Å². The van der Waals surface area contributed by atoms with Crippen molar-refractivity contribution in [3.8, 4) is 0 Å². The van der Waals surface area contributed by atoms with Gasteiger partial charge in [-0.2, -0.15) is 0 Å². The number of cyclic esters (lactones) is 1. The van der Waals surface area contributed by atoms with Crippen molar-refractivity contribution in [2.45, 2.75) is 135 Å². The van der Waals surface area contributed by atoms with Gasteiger partial charge in [-0.1, -0.05) is 32.9 Å². The molecule has 0 aromatic carbocycles. The van der Waals surface area contributed by atoms with Crippen LogP contribution in [0, 0.1) is 17.8 Å². The van der Waals surface area contributed by atoms with Crippen molar-refractivity contribution < 1.29 is 43.2 Å². The van der Waals surface area contributed by atoms with Crippen LogP contribution in [-0.2, 0) is 33.3 Å². The smallest absolute Gasteiger partial charge is 0.411 e. The molecule has 268 valence electrons. The Morgan fingerprint density at radius 1 is 1.09 bits per heavy atom. The molecule has 1 N–H and O–H groups in total. The quantitative estimate of drug-likeness (QED) is 0.270. The lowest BCUT2D eigenvalue weighted by Crippen LogP contribution is -2.61. The third-order valence-corrected chi connectivity index (χ3v) is 11.1. The number of amides is 1. The van der Waals surface area contributed by atoms with E-state index in [9.17, 15) is 19.5 Å². The molecule has 4 aliphatic heterocycles. The summed E-state index contributed by atoms with van der Waals surface area (Å²) < 4.78 is 31.8. The number of carbonyl (C=O) groups is 3. The van der Waals surface area contributed by atoms with Gasteiger partial charge in [0.05, 0.1) is 30.5 Å². The molecule has 3 fully saturated rings. The van der Waals surface area contributed by atoms with E-state index in [-0.39, 0.29) is 43.0 Å². The van der Waals surface area contributed by atoms with Crippen LogP contribution in [0.25, 0.3) is 0 Å². The fourth-order valence-electron chi connectivity index (χ4n) is 8.42. The zero-order valence-corrected chi connectivity index (χ0v) is 30.3. The summed E-state index contributed by atoms with van der Waals surface area (Å²) in [5.74, 6) is -2.96. The number of carbonyl (C=O) groups excluding carboxylic acids is 3. The molecule has 12 heteroatoms. The maximum absolute atomic E-state index is 14.3.